The monoisotopic (exact) mass is 498 g/mol. The quantitative estimate of drug-likeness (QED) is 0.345. The number of carbonyl (C=O) groups excluding carboxylic acids is 1. The van der Waals surface area contributed by atoms with Gasteiger partial charge in [0, 0.05) is 17.5 Å². The van der Waals surface area contributed by atoms with E-state index in [2.05, 4.69) is 18.9 Å². The third-order valence-electron chi connectivity index (χ3n) is 6.57. The van der Waals surface area contributed by atoms with Crippen LogP contribution in [0.15, 0.2) is 40.1 Å². The summed E-state index contributed by atoms with van der Waals surface area (Å²) < 4.78 is 33.1. The Kier molecular flexibility index (Phi) is 6.19. The summed E-state index contributed by atoms with van der Waals surface area (Å²) in [7, 11) is -2.58. The van der Waals surface area contributed by atoms with Gasteiger partial charge in [-0.3, -0.25) is 4.79 Å². The van der Waals surface area contributed by atoms with Crippen LogP contribution in [0.4, 0.5) is 0 Å². The molecule has 0 fully saturated rings. The maximum absolute atomic E-state index is 13.9. The van der Waals surface area contributed by atoms with Crippen molar-refractivity contribution in [2.24, 2.45) is 7.05 Å². The Morgan fingerprint density at radius 1 is 1.12 bits per heavy atom. The Balaban J connectivity index is 1.85. The van der Waals surface area contributed by atoms with Crippen molar-refractivity contribution in [3.8, 4) is 5.88 Å². The van der Waals surface area contributed by atoms with Gasteiger partial charge in [-0.15, -0.1) is 11.8 Å². The smallest absolute Gasteiger partial charge is 0.340 e. The molecule has 1 aliphatic rings. The number of benzene rings is 2. The average Bonchev–Trinajstić information content (AvgIpc) is 3.01. The summed E-state index contributed by atoms with van der Waals surface area (Å²) in [6.45, 7) is 11.8. The number of carbonyl (C=O) groups is 1. The summed E-state index contributed by atoms with van der Waals surface area (Å²) in [4.78, 5) is 15.2. The van der Waals surface area contributed by atoms with Crippen LogP contribution in [-0.2, 0) is 22.6 Å². The minimum Gasteiger partial charge on any atom is -0.358 e. The molecule has 0 atom stereocenters. The van der Waals surface area contributed by atoms with Crippen LogP contribution < -0.4 is 4.18 Å². The fourth-order valence-electron chi connectivity index (χ4n) is 4.78. The first kappa shape index (κ1) is 24.5. The van der Waals surface area contributed by atoms with E-state index in [1.54, 1.807) is 39.1 Å². The second kappa shape index (κ2) is 8.57. The van der Waals surface area contributed by atoms with Crippen LogP contribution in [-0.4, -0.2) is 29.7 Å². The number of hydrogen-bond donors (Lipinski definition) is 0. The van der Waals surface area contributed by atoms with Crippen molar-refractivity contribution in [2.45, 2.75) is 63.2 Å². The number of fused-ring (bicyclic) bond motifs is 1. The van der Waals surface area contributed by atoms with Crippen molar-refractivity contribution in [1.29, 1.82) is 0 Å². The number of thioether (sulfide) groups is 1. The third-order valence-corrected chi connectivity index (χ3v) is 9.17. The molecule has 0 amide bonds. The van der Waals surface area contributed by atoms with Gasteiger partial charge >= 0.3 is 10.1 Å². The predicted molar refractivity (Wildman–Crippen MR) is 135 cm³/mol. The largest absolute Gasteiger partial charge is 0.358 e. The normalized spacial score (nSPS) is 15.1. The summed E-state index contributed by atoms with van der Waals surface area (Å²) in [5, 5.41) is 4.33. The van der Waals surface area contributed by atoms with Gasteiger partial charge in [0.2, 0.25) is 11.7 Å². The number of aromatic nitrogens is 2. The molecule has 2 heterocycles. The highest BCUT2D eigenvalue weighted by molar-refractivity contribution is 7.99. The van der Waals surface area contributed by atoms with Crippen LogP contribution in [0.5, 0.6) is 5.88 Å². The Labute approximate surface area is 205 Å². The molecule has 1 aromatic heterocycles. The van der Waals surface area contributed by atoms with E-state index in [9.17, 15) is 13.2 Å². The summed E-state index contributed by atoms with van der Waals surface area (Å²) in [6.07, 6.45) is 1.03. The van der Waals surface area contributed by atoms with E-state index in [-0.39, 0.29) is 27.5 Å². The fraction of sp³-hybridized carbons (Fsp3) is 0.385. The lowest BCUT2D eigenvalue weighted by molar-refractivity contribution is 0.103. The van der Waals surface area contributed by atoms with Crippen LogP contribution >= 0.6 is 11.8 Å². The van der Waals surface area contributed by atoms with Gasteiger partial charge in [0.05, 0.1) is 5.69 Å². The molecule has 0 N–H and O–H groups in total. The first-order valence-electron chi connectivity index (χ1n) is 11.2. The lowest BCUT2D eigenvalue weighted by Crippen LogP contribution is -2.26. The minimum atomic E-state index is -4.16. The number of aryl methyl sites for hydroxylation is 4. The number of ketones is 1. The second-order valence-corrected chi connectivity index (χ2v) is 12.2. The van der Waals surface area contributed by atoms with E-state index in [0.717, 1.165) is 23.3 Å². The highest BCUT2D eigenvalue weighted by Crippen LogP contribution is 2.46. The highest BCUT2D eigenvalue weighted by atomic mass is 32.2. The topological polar surface area (TPSA) is 78.3 Å². The zero-order chi connectivity index (χ0) is 25.0. The molecule has 180 valence electrons. The molecule has 8 heteroatoms. The van der Waals surface area contributed by atoms with E-state index in [1.807, 2.05) is 31.7 Å². The second-order valence-electron chi connectivity index (χ2n) is 9.57. The lowest BCUT2D eigenvalue weighted by Gasteiger charge is -2.35. The predicted octanol–water partition coefficient (Wildman–Crippen LogP) is 5.43. The molecule has 0 saturated heterocycles. The maximum Gasteiger partial charge on any atom is 0.340 e. The summed E-state index contributed by atoms with van der Waals surface area (Å²) in [5.74, 6) is 0.689. The molecule has 3 aromatic rings. The Morgan fingerprint density at radius 3 is 2.47 bits per heavy atom. The molecule has 0 radical (unpaired) electrons. The molecule has 4 rings (SSSR count). The molecule has 6 nitrogen and oxygen atoms in total. The summed E-state index contributed by atoms with van der Waals surface area (Å²) in [5.41, 5.74) is 4.84. The summed E-state index contributed by atoms with van der Waals surface area (Å²) >= 11 is 1.83. The molecule has 1 aliphatic heterocycles. The molecule has 2 aromatic carbocycles. The molecule has 0 unspecified atom stereocenters. The van der Waals surface area contributed by atoms with Crippen LogP contribution in [0.2, 0.25) is 0 Å². The highest BCUT2D eigenvalue weighted by Gasteiger charge is 2.35. The lowest BCUT2D eigenvalue weighted by atomic mass is 9.76. The molecular formula is C26H30N2O4S2. The number of rotatable bonds is 5. The summed E-state index contributed by atoms with van der Waals surface area (Å²) in [6, 6.07) is 8.51. The molecule has 0 saturated carbocycles. The van der Waals surface area contributed by atoms with Crippen molar-refractivity contribution >= 4 is 27.7 Å². The van der Waals surface area contributed by atoms with E-state index in [0.29, 0.717) is 16.8 Å². The van der Waals surface area contributed by atoms with E-state index in [4.69, 9.17) is 4.18 Å². The van der Waals surface area contributed by atoms with Gasteiger partial charge in [-0.1, -0.05) is 32.0 Å². The standard InChI is InChI=1S/C26H30N2O4S2/c1-15-10-8-9-11-20(15)34(30,31)32-25-21(18(4)27-28(25)7)23(29)19-14-16(2)24-22(17(19)3)26(5,6)12-13-33-24/h8-11,14H,12-13H2,1-7H3. The van der Waals surface area contributed by atoms with Crippen molar-refractivity contribution in [2.75, 3.05) is 5.75 Å². The molecule has 0 bridgehead atoms. The fourth-order valence-corrected chi connectivity index (χ4v) is 7.65. The molecule has 34 heavy (non-hydrogen) atoms. The molecule has 0 spiro atoms. The third kappa shape index (κ3) is 4.07. The van der Waals surface area contributed by atoms with Crippen LogP contribution in [0, 0.1) is 27.7 Å². The zero-order valence-electron chi connectivity index (χ0n) is 20.6. The Morgan fingerprint density at radius 2 is 1.79 bits per heavy atom. The number of hydrogen-bond acceptors (Lipinski definition) is 6. The van der Waals surface area contributed by atoms with Crippen LogP contribution in [0.3, 0.4) is 0 Å². The van der Waals surface area contributed by atoms with E-state index >= 15 is 0 Å². The van der Waals surface area contributed by atoms with Gasteiger partial charge in [-0.25, -0.2) is 4.68 Å². The van der Waals surface area contributed by atoms with Crippen molar-refractivity contribution in [3.63, 3.8) is 0 Å². The Bertz CT molecular complexity index is 1420. The first-order chi connectivity index (χ1) is 15.8. The van der Waals surface area contributed by atoms with E-state index in [1.165, 1.54) is 21.2 Å². The Hall–Kier alpha value is -2.58. The van der Waals surface area contributed by atoms with Crippen LogP contribution in [0.25, 0.3) is 0 Å². The van der Waals surface area contributed by atoms with Gasteiger partial charge in [0.1, 0.15) is 10.5 Å². The van der Waals surface area contributed by atoms with Gasteiger partial charge in [-0.05, 0) is 79.7 Å². The average molecular weight is 499 g/mol. The number of nitrogens with zero attached hydrogens (tertiary/aromatic N) is 2. The first-order valence-corrected chi connectivity index (χ1v) is 13.6. The van der Waals surface area contributed by atoms with E-state index < -0.39 is 10.1 Å². The van der Waals surface area contributed by atoms with Crippen molar-refractivity contribution in [3.05, 3.63) is 69.4 Å². The van der Waals surface area contributed by atoms with Gasteiger partial charge in [0.15, 0.2) is 0 Å². The molecule has 0 aliphatic carbocycles. The van der Waals surface area contributed by atoms with Crippen molar-refractivity contribution < 1.29 is 17.4 Å². The maximum atomic E-state index is 13.9. The SMILES string of the molecule is Cc1ccccc1S(=O)(=O)Oc1c(C(=O)c2cc(C)c3c(c2C)C(C)(C)CCS3)c(C)nn1C. The van der Waals surface area contributed by atoms with Gasteiger partial charge < -0.3 is 4.18 Å². The molecular weight excluding hydrogens is 468 g/mol. The minimum absolute atomic E-state index is 0.0524. The van der Waals surface area contributed by atoms with Gasteiger partial charge in [-0.2, -0.15) is 13.5 Å². The van der Waals surface area contributed by atoms with Crippen molar-refractivity contribution in [1.82, 2.24) is 9.78 Å². The van der Waals surface area contributed by atoms with Gasteiger partial charge in [0.25, 0.3) is 0 Å². The zero-order valence-corrected chi connectivity index (χ0v) is 22.3. The van der Waals surface area contributed by atoms with Crippen LogP contribution in [0.1, 0.15) is 64.1 Å².